The third-order valence-corrected chi connectivity index (χ3v) is 6.49. The first kappa shape index (κ1) is 23.7. The first-order valence-electron chi connectivity index (χ1n) is 10.6. The summed E-state index contributed by atoms with van der Waals surface area (Å²) in [6.45, 7) is 5.95. The number of rotatable bonds is 5. The molecule has 8 heteroatoms. The number of hydrogen-bond acceptors (Lipinski definition) is 5. The Balaban J connectivity index is 1.82. The quantitative estimate of drug-likeness (QED) is 0.214. The van der Waals surface area contributed by atoms with Crippen LogP contribution in [0, 0.1) is 15.5 Å². The standard InChI is InChI=1S/C26H22ClN3O3S/c1-26(2,3)24-22(25(31)29(28-24)19-7-5-4-6-8-19)16-17-15-20(30(32)33)11-14-23(17)34-21-12-9-18(27)10-13-21/h4-16H,1-3H3/b22-16-. The maximum Gasteiger partial charge on any atom is 0.280 e. The van der Waals surface area contributed by atoms with Gasteiger partial charge < -0.3 is 0 Å². The average Bonchev–Trinajstić information content (AvgIpc) is 3.13. The van der Waals surface area contributed by atoms with Crippen molar-refractivity contribution >= 4 is 52.4 Å². The summed E-state index contributed by atoms with van der Waals surface area (Å²) in [7, 11) is 0. The van der Waals surface area contributed by atoms with Gasteiger partial charge in [-0.1, -0.05) is 62.3 Å². The molecule has 0 aliphatic carbocycles. The van der Waals surface area contributed by atoms with Gasteiger partial charge in [0, 0.05) is 32.4 Å². The summed E-state index contributed by atoms with van der Waals surface area (Å²) in [5.74, 6) is -0.273. The van der Waals surface area contributed by atoms with Crippen LogP contribution in [0.3, 0.4) is 0 Å². The molecule has 3 aromatic carbocycles. The van der Waals surface area contributed by atoms with Gasteiger partial charge in [0.05, 0.1) is 21.9 Å². The molecule has 1 heterocycles. The first-order valence-corrected chi connectivity index (χ1v) is 11.8. The number of benzene rings is 3. The number of amides is 1. The minimum absolute atomic E-state index is 0.0492. The SMILES string of the molecule is CC(C)(C)C1=NN(c2ccccc2)C(=O)/C1=C\c1cc([N+](=O)[O-])ccc1Sc1ccc(Cl)cc1. The minimum Gasteiger partial charge on any atom is -0.267 e. The van der Waals surface area contributed by atoms with Crippen molar-refractivity contribution in [3.63, 3.8) is 0 Å². The molecule has 0 aromatic heterocycles. The number of carbonyl (C=O) groups excluding carboxylic acids is 1. The molecule has 0 unspecified atom stereocenters. The molecule has 1 aliphatic heterocycles. The van der Waals surface area contributed by atoms with E-state index in [-0.39, 0.29) is 11.6 Å². The summed E-state index contributed by atoms with van der Waals surface area (Å²) < 4.78 is 0. The molecule has 1 amide bonds. The molecule has 172 valence electrons. The fourth-order valence-corrected chi connectivity index (χ4v) is 4.51. The van der Waals surface area contributed by atoms with Crippen molar-refractivity contribution < 1.29 is 9.72 Å². The number of hydrazone groups is 1. The second kappa shape index (κ2) is 9.44. The molecule has 0 N–H and O–H groups in total. The minimum atomic E-state index is -0.440. The number of nitro groups is 1. The number of nitro benzene ring substituents is 1. The predicted molar refractivity (Wildman–Crippen MR) is 137 cm³/mol. The third kappa shape index (κ3) is 5.05. The monoisotopic (exact) mass is 491 g/mol. The number of para-hydroxylation sites is 1. The second-order valence-electron chi connectivity index (χ2n) is 8.74. The van der Waals surface area contributed by atoms with E-state index in [4.69, 9.17) is 11.6 Å². The largest absolute Gasteiger partial charge is 0.280 e. The summed E-state index contributed by atoms with van der Waals surface area (Å²) in [5, 5.41) is 18.1. The van der Waals surface area contributed by atoms with Crippen LogP contribution in [-0.2, 0) is 4.79 Å². The summed E-state index contributed by atoms with van der Waals surface area (Å²) in [6.07, 6.45) is 1.71. The van der Waals surface area contributed by atoms with E-state index in [1.807, 2.05) is 63.2 Å². The molecule has 0 fully saturated rings. The van der Waals surface area contributed by atoms with Gasteiger partial charge in [-0.3, -0.25) is 14.9 Å². The Morgan fingerprint density at radius 2 is 1.71 bits per heavy atom. The van der Waals surface area contributed by atoms with Gasteiger partial charge in [0.1, 0.15) is 0 Å². The smallest absolute Gasteiger partial charge is 0.267 e. The van der Waals surface area contributed by atoms with Crippen LogP contribution in [-0.4, -0.2) is 16.5 Å². The maximum absolute atomic E-state index is 13.5. The van der Waals surface area contributed by atoms with Crippen molar-refractivity contribution in [1.29, 1.82) is 0 Å². The van der Waals surface area contributed by atoms with Crippen LogP contribution in [0.25, 0.3) is 6.08 Å². The average molecular weight is 492 g/mol. The lowest BCUT2D eigenvalue weighted by molar-refractivity contribution is -0.384. The molecule has 6 nitrogen and oxygen atoms in total. The van der Waals surface area contributed by atoms with Crippen LogP contribution in [0.1, 0.15) is 26.3 Å². The molecule has 4 rings (SSSR count). The molecule has 1 aliphatic rings. The molecule has 3 aromatic rings. The van der Waals surface area contributed by atoms with Crippen molar-refractivity contribution in [1.82, 2.24) is 0 Å². The van der Waals surface area contributed by atoms with E-state index in [9.17, 15) is 14.9 Å². The highest BCUT2D eigenvalue weighted by molar-refractivity contribution is 7.99. The Bertz CT molecular complexity index is 1310. The van der Waals surface area contributed by atoms with Crippen LogP contribution in [0.2, 0.25) is 5.02 Å². The Labute approximate surface area is 207 Å². The van der Waals surface area contributed by atoms with E-state index < -0.39 is 10.3 Å². The zero-order chi connectivity index (χ0) is 24.5. The number of non-ortho nitro benzene ring substituents is 1. The molecule has 0 atom stereocenters. The van der Waals surface area contributed by atoms with Gasteiger partial charge in [-0.15, -0.1) is 0 Å². The van der Waals surface area contributed by atoms with E-state index in [2.05, 4.69) is 5.10 Å². The zero-order valence-electron chi connectivity index (χ0n) is 18.9. The van der Waals surface area contributed by atoms with Crippen LogP contribution >= 0.6 is 23.4 Å². The summed E-state index contributed by atoms with van der Waals surface area (Å²) in [4.78, 5) is 26.2. The molecule has 0 radical (unpaired) electrons. The van der Waals surface area contributed by atoms with Crippen LogP contribution in [0.5, 0.6) is 0 Å². The van der Waals surface area contributed by atoms with Gasteiger partial charge in [0.15, 0.2) is 0 Å². The Hall–Kier alpha value is -3.42. The fraction of sp³-hybridized carbons (Fsp3) is 0.154. The van der Waals surface area contributed by atoms with Crippen LogP contribution in [0.15, 0.2) is 93.3 Å². The molecule has 0 saturated carbocycles. The molecule has 0 bridgehead atoms. The Kier molecular flexibility index (Phi) is 6.59. The van der Waals surface area contributed by atoms with Gasteiger partial charge in [-0.25, -0.2) is 0 Å². The highest BCUT2D eigenvalue weighted by Crippen LogP contribution is 2.37. The maximum atomic E-state index is 13.5. The van der Waals surface area contributed by atoms with E-state index in [0.717, 1.165) is 9.79 Å². The van der Waals surface area contributed by atoms with Gasteiger partial charge in [-0.05, 0) is 54.1 Å². The second-order valence-corrected chi connectivity index (χ2v) is 10.3. The van der Waals surface area contributed by atoms with E-state index in [0.29, 0.717) is 27.6 Å². The first-order chi connectivity index (χ1) is 16.1. The molecule has 0 saturated heterocycles. The summed E-state index contributed by atoms with van der Waals surface area (Å²) in [6, 6.07) is 21.2. The number of anilines is 1. The van der Waals surface area contributed by atoms with E-state index in [1.165, 1.54) is 28.9 Å². The van der Waals surface area contributed by atoms with Gasteiger partial charge >= 0.3 is 0 Å². The molecule has 34 heavy (non-hydrogen) atoms. The van der Waals surface area contributed by atoms with Crippen molar-refractivity contribution in [2.24, 2.45) is 10.5 Å². The fourth-order valence-electron chi connectivity index (χ4n) is 3.48. The van der Waals surface area contributed by atoms with E-state index >= 15 is 0 Å². The Morgan fingerprint density at radius 3 is 2.32 bits per heavy atom. The zero-order valence-corrected chi connectivity index (χ0v) is 20.4. The van der Waals surface area contributed by atoms with Crippen molar-refractivity contribution in [2.45, 2.75) is 30.6 Å². The lowest BCUT2D eigenvalue weighted by Gasteiger charge is -2.18. The van der Waals surface area contributed by atoms with Gasteiger partial charge in [0.2, 0.25) is 0 Å². The number of carbonyl (C=O) groups is 1. The Morgan fingerprint density at radius 1 is 1.03 bits per heavy atom. The van der Waals surface area contributed by atoms with Crippen LogP contribution < -0.4 is 5.01 Å². The molecular weight excluding hydrogens is 470 g/mol. The van der Waals surface area contributed by atoms with E-state index in [1.54, 1.807) is 24.3 Å². The lowest BCUT2D eigenvalue weighted by Crippen LogP contribution is -2.24. The molecular formula is C26H22ClN3O3S. The van der Waals surface area contributed by atoms with Crippen molar-refractivity contribution in [3.8, 4) is 0 Å². The summed E-state index contributed by atoms with van der Waals surface area (Å²) in [5.41, 5.74) is 1.80. The summed E-state index contributed by atoms with van der Waals surface area (Å²) >= 11 is 7.45. The van der Waals surface area contributed by atoms with Crippen molar-refractivity contribution in [3.05, 3.63) is 99.1 Å². The number of hydrogen-bond donors (Lipinski definition) is 0. The number of nitrogens with zero attached hydrogens (tertiary/aromatic N) is 3. The van der Waals surface area contributed by atoms with Crippen LogP contribution in [0.4, 0.5) is 11.4 Å². The van der Waals surface area contributed by atoms with Crippen molar-refractivity contribution in [2.75, 3.05) is 5.01 Å². The lowest BCUT2D eigenvalue weighted by atomic mass is 9.85. The normalized spacial score (nSPS) is 15.1. The highest BCUT2D eigenvalue weighted by Gasteiger charge is 2.37. The molecule has 0 spiro atoms. The topological polar surface area (TPSA) is 75.8 Å². The third-order valence-electron chi connectivity index (χ3n) is 5.13. The van der Waals surface area contributed by atoms with Gasteiger partial charge in [-0.2, -0.15) is 10.1 Å². The van der Waals surface area contributed by atoms with Gasteiger partial charge in [0.25, 0.3) is 11.6 Å². The number of halogens is 1. The highest BCUT2D eigenvalue weighted by atomic mass is 35.5. The predicted octanol–water partition coefficient (Wildman–Crippen LogP) is 7.23.